The first-order chi connectivity index (χ1) is 14.0. The zero-order chi connectivity index (χ0) is 20.8. The monoisotopic (exact) mass is 395 g/mol. The number of nitrogens with one attached hydrogen (secondary N) is 1. The Balaban J connectivity index is 1.64. The lowest BCUT2D eigenvalue weighted by Gasteiger charge is -2.09. The van der Waals surface area contributed by atoms with E-state index in [0.29, 0.717) is 36.2 Å². The van der Waals surface area contributed by atoms with Gasteiger partial charge in [0.15, 0.2) is 11.5 Å². The van der Waals surface area contributed by atoms with Gasteiger partial charge in [-0.2, -0.15) is 4.98 Å². The molecule has 1 heterocycles. The minimum absolute atomic E-state index is 0.0958. The number of amides is 1. The van der Waals surface area contributed by atoms with E-state index in [2.05, 4.69) is 15.5 Å². The predicted octanol–water partition coefficient (Wildman–Crippen LogP) is 4.33. The Kier molecular flexibility index (Phi) is 6.49. The third-order valence-electron chi connectivity index (χ3n) is 4.63. The minimum Gasteiger partial charge on any atom is -0.493 e. The maximum absolute atomic E-state index is 12.3. The Labute approximate surface area is 170 Å². The number of rotatable bonds is 8. The quantitative estimate of drug-likeness (QED) is 0.611. The molecule has 152 valence electrons. The number of hydrogen-bond donors (Lipinski definition) is 1. The van der Waals surface area contributed by atoms with E-state index in [4.69, 9.17) is 14.0 Å². The number of hydrogen-bond acceptors (Lipinski definition) is 6. The van der Waals surface area contributed by atoms with Crippen molar-refractivity contribution in [3.8, 4) is 22.9 Å². The van der Waals surface area contributed by atoms with Crippen LogP contribution in [0, 0.1) is 13.8 Å². The SMILES string of the molecule is CCOc1cc(-c2noc(CCC(=O)Nc3cccc(C)c3C)n2)ccc1OC. The van der Waals surface area contributed by atoms with Gasteiger partial charge in [0.2, 0.25) is 17.6 Å². The number of methoxy groups -OCH3 is 1. The normalized spacial score (nSPS) is 10.6. The molecule has 1 amide bonds. The molecular weight excluding hydrogens is 370 g/mol. The molecule has 0 fully saturated rings. The third kappa shape index (κ3) is 4.93. The first-order valence-electron chi connectivity index (χ1n) is 9.51. The predicted molar refractivity (Wildman–Crippen MR) is 110 cm³/mol. The van der Waals surface area contributed by atoms with E-state index in [1.54, 1.807) is 13.2 Å². The summed E-state index contributed by atoms with van der Waals surface area (Å²) in [5.74, 6) is 2.01. The second-order valence-corrected chi connectivity index (χ2v) is 6.61. The van der Waals surface area contributed by atoms with Gasteiger partial charge < -0.3 is 19.3 Å². The molecule has 0 unspecified atom stereocenters. The topological polar surface area (TPSA) is 86.5 Å². The summed E-state index contributed by atoms with van der Waals surface area (Å²) in [5, 5.41) is 6.95. The van der Waals surface area contributed by atoms with Crippen molar-refractivity contribution in [3.05, 3.63) is 53.4 Å². The van der Waals surface area contributed by atoms with Crippen LogP contribution >= 0.6 is 0 Å². The van der Waals surface area contributed by atoms with Crippen molar-refractivity contribution in [1.29, 1.82) is 0 Å². The zero-order valence-corrected chi connectivity index (χ0v) is 17.1. The molecule has 0 radical (unpaired) electrons. The number of carbonyl (C=O) groups is 1. The highest BCUT2D eigenvalue weighted by Gasteiger charge is 2.14. The first-order valence-corrected chi connectivity index (χ1v) is 9.51. The standard InChI is InChI=1S/C22H25N3O4/c1-5-28-19-13-16(9-10-18(19)27-4)22-24-21(29-25-22)12-11-20(26)23-17-8-6-7-14(2)15(17)3/h6-10,13H,5,11-12H2,1-4H3,(H,23,26). The van der Waals surface area contributed by atoms with Gasteiger partial charge in [-0.25, -0.2) is 0 Å². The number of ether oxygens (including phenoxy) is 2. The van der Waals surface area contributed by atoms with Gasteiger partial charge in [0.05, 0.1) is 13.7 Å². The van der Waals surface area contributed by atoms with E-state index in [-0.39, 0.29) is 12.3 Å². The average molecular weight is 395 g/mol. The number of benzene rings is 2. The van der Waals surface area contributed by atoms with E-state index in [9.17, 15) is 4.79 Å². The summed E-state index contributed by atoms with van der Waals surface area (Å²) < 4.78 is 16.2. The van der Waals surface area contributed by atoms with E-state index < -0.39 is 0 Å². The van der Waals surface area contributed by atoms with Crippen molar-refractivity contribution < 1.29 is 18.8 Å². The summed E-state index contributed by atoms with van der Waals surface area (Å²) in [6.45, 7) is 6.43. The second-order valence-electron chi connectivity index (χ2n) is 6.61. The molecule has 0 bridgehead atoms. The fourth-order valence-electron chi connectivity index (χ4n) is 2.88. The second kappa shape index (κ2) is 9.23. The van der Waals surface area contributed by atoms with Gasteiger partial charge in [0.1, 0.15) is 0 Å². The molecule has 0 aliphatic rings. The van der Waals surface area contributed by atoms with Gasteiger partial charge in [-0.05, 0) is 56.2 Å². The van der Waals surface area contributed by atoms with Crippen molar-refractivity contribution in [3.63, 3.8) is 0 Å². The molecule has 0 saturated heterocycles. The molecule has 0 aliphatic heterocycles. The van der Waals surface area contributed by atoms with Crippen LogP contribution in [0.3, 0.4) is 0 Å². The number of aryl methyl sites for hydroxylation is 2. The molecule has 3 aromatic rings. The summed E-state index contributed by atoms with van der Waals surface area (Å²) in [6, 6.07) is 11.3. The van der Waals surface area contributed by atoms with Gasteiger partial charge in [0, 0.05) is 24.1 Å². The summed E-state index contributed by atoms with van der Waals surface area (Å²) >= 11 is 0. The number of carbonyl (C=O) groups excluding carboxylic acids is 1. The Morgan fingerprint density at radius 2 is 2.00 bits per heavy atom. The number of anilines is 1. The molecule has 0 atom stereocenters. The fourth-order valence-corrected chi connectivity index (χ4v) is 2.88. The molecule has 1 aromatic heterocycles. The summed E-state index contributed by atoms with van der Waals surface area (Å²) in [4.78, 5) is 16.7. The highest BCUT2D eigenvalue weighted by atomic mass is 16.5. The Morgan fingerprint density at radius 3 is 2.76 bits per heavy atom. The maximum atomic E-state index is 12.3. The summed E-state index contributed by atoms with van der Waals surface area (Å²) in [5.41, 5.74) is 3.77. The zero-order valence-electron chi connectivity index (χ0n) is 17.1. The van der Waals surface area contributed by atoms with Gasteiger partial charge >= 0.3 is 0 Å². The largest absolute Gasteiger partial charge is 0.493 e. The molecule has 0 aliphatic carbocycles. The van der Waals surface area contributed by atoms with E-state index in [1.165, 1.54) is 0 Å². The van der Waals surface area contributed by atoms with Crippen LogP contribution in [0.1, 0.15) is 30.4 Å². The van der Waals surface area contributed by atoms with Gasteiger partial charge in [-0.1, -0.05) is 17.3 Å². The molecule has 2 aromatic carbocycles. The molecule has 0 saturated carbocycles. The van der Waals surface area contributed by atoms with E-state index in [0.717, 1.165) is 22.4 Å². The van der Waals surface area contributed by atoms with Crippen molar-refractivity contribution in [1.82, 2.24) is 10.1 Å². The molecule has 1 N–H and O–H groups in total. The molecule has 7 heteroatoms. The smallest absolute Gasteiger partial charge is 0.227 e. The van der Waals surface area contributed by atoms with Crippen LogP contribution in [0.15, 0.2) is 40.9 Å². The Bertz CT molecular complexity index is 997. The minimum atomic E-state index is -0.0958. The lowest BCUT2D eigenvalue weighted by Crippen LogP contribution is -2.13. The number of nitrogens with zero attached hydrogens (tertiary/aromatic N) is 2. The van der Waals surface area contributed by atoms with Crippen LogP contribution < -0.4 is 14.8 Å². The first kappa shape index (κ1) is 20.4. The molecule has 3 rings (SSSR count). The van der Waals surface area contributed by atoms with Gasteiger partial charge in [0.25, 0.3) is 0 Å². The summed E-state index contributed by atoms with van der Waals surface area (Å²) in [6.07, 6.45) is 0.611. The molecule has 0 spiro atoms. The maximum Gasteiger partial charge on any atom is 0.227 e. The van der Waals surface area contributed by atoms with Crippen LogP contribution in [0.25, 0.3) is 11.4 Å². The highest BCUT2D eigenvalue weighted by Crippen LogP contribution is 2.31. The highest BCUT2D eigenvalue weighted by molar-refractivity contribution is 5.91. The van der Waals surface area contributed by atoms with Gasteiger partial charge in [-0.3, -0.25) is 4.79 Å². The van der Waals surface area contributed by atoms with Crippen molar-refractivity contribution in [2.45, 2.75) is 33.6 Å². The van der Waals surface area contributed by atoms with Crippen LogP contribution in [-0.4, -0.2) is 29.8 Å². The van der Waals surface area contributed by atoms with Gasteiger partial charge in [-0.15, -0.1) is 0 Å². The van der Waals surface area contributed by atoms with Crippen molar-refractivity contribution in [2.75, 3.05) is 19.0 Å². The van der Waals surface area contributed by atoms with Crippen LogP contribution in [0.2, 0.25) is 0 Å². The lowest BCUT2D eigenvalue weighted by atomic mass is 10.1. The third-order valence-corrected chi connectivity index (χ3v) is 4.63. The van der Waals surface area contributed by atoms with E-state index in [1.807, 2.05) is 51.1 Å². The van der Waals surface area contributed by atoms with Crippen LogP contribution in [0.4, 0.5) is 5.69 Å². The summed E-state index contributed by atoms with van der Waals surface area (Å²) in [7, 11) is 1.59. The van der Waals surface area contributed by atoms with Crippen molar-refractivity contribution in [2.24, 2.45) is 0 Å². The van der Waals surface area contributed by atoms with E-state index >= 15 is 0 Å². The number of aromatic nitrogens is 2. The van der Waals surface area contributed by atoms with Crippen LogP contribution in [0.5, 0.6) is 11.5 Å². The fraction of sp³-hybridized carbons (Fsp3) is 0.318. The Hall–Kier alpha value is -3.35. The molecular formula is C22H25N3O4. The van der Waals surface area contributed by atoms with Crippen LogP contribution in [-0.2, 0) is 11.2 Å². The average Bonchev–Trinajstić information content (AvgIpc) is 3.19. The lowest BCUT2D eigenvalue weighted by molar-refractivity contribution is -0.116. The van der Waals surface area contributed by atoms with Crippen molar-refractivity contribution >= 4 is 11.6 Å². The Morgan fingerprint density at radius 1 is 1.17 bits per heavy atom. The molecule has 29 heavy (non-hydrogen) atoms. The molecule has 7 nitrogen and oxygen atoms in total.